The van der Waals surface area contributed by atoms with Gasteiger partial charge in [0.2, 0.25) is 17.7 Å². The predicted molar refractivity (Wildman–Crippen MR) is 258 cm³/mol. The lowest BCUT2D eigenvalue weighted by molar-refractivity contribution is -0.146. The van der Waals surface area contributed by atoms with Gasteiger partial charge in [-0.1, -0.05) is 118 Å². The largest absolute Gasteiger partial charge is 0.481 e. The number of hydrogen-bond acceptors (Lipinski definition) is 11. The van der Waals surface area contributed by atoms with E-state index in [1.165, 1.54) is 77.0 Å². The molecule has 7 N–H and O–H groups in total. The van der Waals surface area contributed by atoms with E-state index in [2.05, 4.69) is 32.8 Å². The molecule has 16 nitrogen and oxygen atoms in total. The van der Waals surface area contributed by atoms with Crippen molar-refractivity contribution in [1.82, 2.24) is 25.9 Å². The van der Waals surface area contributed by atoms with Crippen molar-refractivity contribution in [3.05, 3.63) is 18.2 Å². The zero-order valence-electron chi connectivity index (χ0n) is 41.0. The van der Waals surface area contributed by atoms with E-state index in [0.29, 0.717) is 44.7 Å². The minimum Gasteiger partial charge on any atom is -0.481 e. The number of unbranched alkanes of at least 4 members (excludes halogenated alkanes) is 13. The van der Waals surface area contributed by atoms with Gasteiger partial charge in [0, 0.05) is 72.2 Å². The summed E-state index contributed by atoms with van der Waals surface area (Å²) in [4.78, 5) is 96.2. The standard InChI is InChI=1S/C49H86N6O10.3H2/c1-8-9-10-11-12-13-14-15-16-17-18-19-20-24-43(59)53-26-27-64-28-29-65-35-44(60)52-25-22-21-23-37(46(62)63)30-40(56)47(2,3)32-41(57)48(4,5)33-42(58)49(6,7)55-45(61)39(50)31-38-34-51-36-54-38;;;/h34,36-37,39H,8-33,35,50H2,1-7H3,(H,51,54)(H,52,60)(H,53,59)(H,55,61)(H,62,63);3*1H/t37-,39+;;;/m1.../s1. The van der Waals surface area contributed by atoms with E-state index in [0.717, 1.165) is 12.8 Å². The summed E-state index contributed by atoms with van der Waals surface area (Å²) >= 11 is 0. The molecular formula is C49H92N6O10. The number of amides is 3. The highest BCUT2D eigenvalue weighted by Crippen LogP contribution is 2.34. The van der Waals surface area contributed by atoms with Crippen molar-refractivity contribution in [2.45, 2.75) is 195 Å². The number of aromatic amines is 1. The summed E-state index contributed by atoms with van der Waals surface area (Å²) < 4.78 is 10.9. The number of carbonyl (C=O) groups is 7. The average Bonchev–Trinajstić information content (AvgIpc) is 3.75. The van der Waals surface area contributed by atoms with Crippen LogP contribution in [0, 0.1) is 16.7 Å². The number of nitrogens with two attached hydrogens (primary N) is 1. The number of H-pyrrole nitrogens is 1. The van der Waals surface area contributed by atoms with Gasteiger partial charge in [-0.2, -0.15) is 0 Å². The molecule has 0 spiro atoms. The average molecular weight is 925 g/mol. The monoisotopic (exact) mass is 925 g/mol. The zero-order valence-corrected chi connectivity index (χ0v) is 41.0. The molecule has 0 saturated carbocycles. The lowest BCUT2D eigenvalue weighted by Gasteiger charge is -2.33. The molecule has 0 aliphatic carbocycles. The first-order valence-electron chi connectivity index (χ1n) is 24.3. The molecule has 1 rings (SSSR count). The Morgan fingerprint density at radius 1 is 0.708 bits per heavy atom. The Balaban J connectivity index is -0.0000141. The van der Waals surface area contributed by atoms with Crippen LogP contribution in [0.4, 0.5) is 0 Å². The first-order chi connectivity index (χ1) is 30.7. The number of rotatable bonds is 41. The molecule has 16 heteroatoms. The van der Waals surface area contributed by atoms with Crippen LogP contribution >= 0.6 is 0 Å². The molecule has 0 aromatic carbocycles. The highest BCUT2D eigenvalue weighted by atomic mass is 16.5. The number of aromatic nitrogens is 2. The second-order valence-electron chi connectivity index (χ2n) is 19.5. The molecule has 1 heterocycles. The summed E-state index contributed by atoms with van der Waals surface area (Å²) in [5.74, 6) is -3.99. The molecule has 2 atom stereocenters. The fourth-order valence-electron chi connectivity index (χ4n) is 7.30. The van der Waals surface area contributed by atoms with E-state index in [4.69, 9.17) is 15.2 Å². The topological polar surface area (TPSA) is 249 Å². The highest BCUT2D eigenvalue weighted by Gasteiger charge is 2.41. The number of carbonyl (C=O) groups excluding carboxylic acids is 6. The molecule has 0 bridgehead atoms. The summed E-state index contributed by atoms with van der Waals surface area (Å²) in [5.41, 5.74) is 3.03. The van der Waals surface area contributed by atoms with Gasteiger partial charge >= 0.3 is 5.97 Å². The van der Waals surface area contributed by atoms with E-state index in [-0.39, 0.29) is 85.4 Å². The minimum absolute atomic E-state index is 0. The first-order valence-corrected chi connectivity index (χ1v) is 24.3. The van der Waals surface area contributed by atoms with Gasteiger partial charge in [-0.15, -0.1) is 0 Å². The van der Waals surface area contributed by atoms with Crippen molar-refractivity contribution in [2.24, 2.45) is 22.5 Å². The van der Waals surface area contributed by atoms with Crippen LogP contribution in [0.3, 0.4) is 0 Å². The SMILES string of the molecule is CCCCCCCCCCCCCCCC(=O)NCCOCCOCC(=O)NCCCC[C@H](CC(=O)C(C)(C)CC(=O)C(C)(C)CC(=O)C(C)(C)NC(=O)[C@@H](N)Cc1cnc[nH]1)C(=O)O.[HH].[HH].[HH]. The van der Waals surface area contributed by atoms with Gasteiger partial charge in [0.1, 0.15) is 18.2 Å². The van der Waals surface area contributed by atoms with Crippen molar-refractivity contribution in [3.63, 3.8) is 0 Å². The third kappa shape index (κ3) is 27.3. The Hall–Kier alpha value is -4.02. The molecule has 1 aromatic rings. The van der Waals surface area contributed by atoms with Crippen molar-refractivity contribution < 1.29 is 52.4 Å². The summed E-state index contributed by atoms with van der Waals surface area (Å²) in [7, 11) is 0. The molecule has 1 aromatic heterocycles. The Morgan fingerprint density at radius 2 is 1.26 bits per heavy atom. The Kier molecular flexibility index (Phi) is 29.6. The molecule has 3 amide bonds. The smallest absolute Gasteiger partial charge is 0.306 e. The number of carboxylic acid groups (broad SMARTS) is 1. The molecule has 0 radical (unpaired) electrons. The van der Waals surface area contributed by atoms with Crippen LogP contribution in [0.5, 0.6) is 0 Å². The Morgan fingerprint density at radius 3 is 1.85 bits per heavy atom. The number of nitrogens with zero attached hydrogens (tertiary/aromatic N) is 1. The molecule has 0 unspecified atom stereocenters. The van der Waals surface area contributed by atoms with Crippen molar-refractivity contribution in [3.8, 4) is 0 Å². The first kappa shape index (κ1) is 59.0. The number of nitrogens with one attached hydrogen (secondary N) is 4. The maximum atomic E-state index is 13.5. The number of imidazole rings is 1. The summed E-state index contributed by atoms with van der Waals surface area (Å²) in [6.45, 7) is 13.2. The Bertz CT molecular complexity index is 1580. The van der Waals surface area contributed by atoms with Gasteiger partial charge in [-0.05, 0) is 33.1 Å². The molecule has 0 aliphatic heterocycles. The second kappa shape index (κ2) is 32.6. The lowest BCUT2D eigenvalue weighted by atomic mass is 9.71. The van der Waals surface area contributed by atoms with E-state index in [9.17, 15) is 38.7 Å². The van der Waals surface area contributed by atoms with Gasteiger partial charge in [0.15, 0.2) is 5.78 Å². The molecular weight excluding hydrogens is 833 g/mol. The molecule has 378 valence electrons. The summed E-state index contributed by atoms with van der Waals surface area (Å²) in [6.07, 6.45) is 20.7. The zero-order chi connectivity index (χ0) is 48.7. The highest BCUT2D eigenvalue weighted by molar-refractivity contribution is 5.99. The number of carboxylic acids is 1. The normalized spacial score (nSPS) is 12.9. The fourth-order valence-corrected chi connectivity index (χ4v) is 7.30. The van der Waals surface area contributed by atoms with Crippen molar-refractivity contribution in [1.29, 1.82) is 0 Å². The van der Waals surface area contributed by atoms with Gasteiger partial charge < -0.3 is 41.2 Å². The van der Waals surface area contributed by atoms with Gasteiger partial charge in [-0.3, -0.25) is 33.6 Å². The minimum atomic E-state index is -1.32. The number of aliphatic carboxylic acids is 1. The molecule has 0 fully saturated rings. The molecule has 0 aliphatic rings. The van der Waals surface area contributed by atoms with Gasteiger partial charge in [0.05, 0.1) is 43.6 Å². The van der Waals surface area contributed by atoms with Crippen molar-refractivity contribution in [2.75, 3.05) is 39.5 Å². The van der Waals surface area contributed by atoms with Crippen LogP contribution in [-0.2, 0) is 49.5 Å². The third-order valence-electron chi connectivity index (χ3n) is 11.9. The van der Waals surface area contributed by atoms with Gasteiger partial charge in [-0.25, -0.2) is 4.98 Å². The van der Waals surface area contributed by atoms with E-state index < -0.39 is 40.2 Å². The summed E-state index contributed by atoms with van der Waals surface area (Å²) in [6, 6.07) is -0.926. The van der Waals surface area contributed by atoms with Crippen LogP contribution in [0.25, 0.3) is 0 Å². The van der Waals surface area contributed by atoms with Crippen LogP contribution in [-0.4, -0.2) is 107 Å². The van der Waals surface area contributed by atoms with Crippen LogP contribution in [0.2, 0.25) is 0 Å². The quantitative estimate of drug-likeness (QED) is 0.0350. The maximum absolute atomic E-state index is 13.5. The maximum Gasteiger partial charge on any atom is 0.306 e. The van der Waals surface area contributed by atoms with Crippen molar-refractivity contribution >= 4 is 41.0 Å². The predicted octanol–water partition coefficient (Wildman–Crippen LogP) is 7.46. The fraction of sp³-hybridized carbons (Fsp3) is 0.796. The number of Topliss-reactive ketones (excluding diaryl/α,β-unsaturated/α-hetero) is 3. The number of ketones is 3. The third-order valence-corrected chi connectivity index (χ3v) is 11.9. The molecule has 0 saturated heterocycles. The Labute approximate surface area is 393 Å². The van der Waals surface area contributed by atoms with E-state index in [1.54, 1.807) is 47.7 Å². The van der Waals surface area contributed by atoms with Gasteiger partial charge in [0.25, 0.3) is 0 Å². The summed E-state index contributed by atoms with van der Waals surface area (Å²) in [5, 5.41) is 18.2. The van der Waals surface area contributed by atoms with E-state index >= 15 is 0 Å². The van der Waals surface area contributed by atoms with Crippen LogP contribution in [0.15, 0.2) is 12.5 Å². The van der Waals surface area contributed by atoms with Crippen LogP contribution in [0.1, 0.15) is 187 Å². The second-order valence-corrected chi connectivity index (χ2v) is 19.5. The van der Waals surface area contributed by atoms with Crippen LogP contribution < -0.4 is 21.7 Å². The van der Waals surface area contributed by atoms with E-state index in [1.807, 2.05) is 0 Å². The number of ether oxygens (including phenoxy) is 2. The molecule has 65 heavy (non-hydrogen) atoms. The lowest BCUT2D eigenvalue weighted by Crippen LogP contribution is -2.56. The number of hydrogen-bond donors (Lipinski definition) is 6.